The van der Waals surface area contributed by atoms with Crippen molar-refractivity contribution in [3.63, 3.8) is 0 Å². The lowest BCUT2D eigenvalue weighted by atomic mass is 10.0. The number of guanidine groups is 1. The molecule has 2 aromatic rings. The van der Waals surface area contributed by atoms with E-state index in [1.165, 1.54) is 12.5 Å². The maximum atomic E-state index is 13.5. The number of aliphatic imine (C=N–C) groups is 1. The lowest BCUT2D eigenvalue weighted by Gasteiger charge is -2.25. The van der Waals surface area contributed by atoms with E-state index < -0.39 is 60.2 Å². The van der Waals surface area contributed by atoms with Crippen LogP contribution in [0.4, 0.5) is 0 Å². The van der Waals surface area contributed by atoms with Gasteiger partial charge in [-0.25, -0.2) is 9.78 Å². The molecule has 0 bridgehead atoms. The van der Waals surface area contributed by atoms with Gasteiger partial charge in [-0.1, -0.05) is 30.3 Å². The van der Waals surface area contributed by atoms with E-state index in [0.29, 0.717) is 11.3 Å². The Hall–Kier alpha value is -4.99. The second-order valence-corrected chi connectivity index (χ2v) is 9.48. The Bertz CT molecular complexity index is 1220. The maximum Gasteiger partial charge on any atom is 0.326 e. The number of aromatic nitrogens is 2. The molecule has 42 heavy (non-hydrogen) atoms. The van der Waals surface area contributed by atoms with Crippen molar-refractivity contribution in [2.75, 3.05) is 6.54 Å². The summed E-state index contributed by atoms with van der Waals surface area (Å²) in [6, 6.07) is 3.91. The Morgan fingerprint density at radius 3 is 2.12 bits per heavy atom. The summed E-state index contributed by atoms with van der Waals surface area (Å²) in [5.74, 6) is -5.03. The van der Waals surface area contributed by atoms with E-state index in [1.54, 1.807) is 30.3 Å². The van der Waals surface area contributed by atoms with Gasteiger partial charge in [-0.15, -0.1) is 0 Å². The van der Waals surface area contributed by atoms with Gasteiger partial charge in [0.15, 0.2) is 5.96 Å². The number of rotatable bonds is 18. The first-order valence-corrected chi connectivity index (χ1v) is 13.1. The molecule has 0 saturated heterocycles. The third-order valence-electron chi connectivity index (χ3n) is 6.09. The predicted molar refractivity (Wildman–Crippen MR) is 151 cm³/mol. The topological polar surface area (TPSA) is 281 Å². The number of nitrogens with one attached hydrogen (secondary N) is 4. The normalized spacial score (nSPS) is 13.5. The molecule has 0 saturated carbocycles. The van der Waals surface area contributed by atoms with Crippen LogP contribution in [0.3, 0.4) is 0 Å². The molecule has 3 amide bonds. The highest BCUT2D eigenvalue weighted by molar-refractivity contribution is 5.94. The molecule has 0 aliphatic carbocycles. The fourth-order valence-corrected chi connectivity index (χ4v) is 3.91. The number of benzene rings is 1. The number of imidazole rings is 1. The number of H-pyrrole nitrogens is 1. The highest BCUT2D eigenvalue weighted by Gasteiger charge is 2.30. The van der Waals surface area contributed by atoms with Crippen LogP contribution in [0.2, 0.25) is 0 Å². The molecule has 1 aromatic carbocycles. The first kappa shape index (κ1) is 33.2. The third-order valence-corrected chi connectivity index (χ3v) is 6.09. The van der Waals surface area contributed by atoms with Crippen LogP contribution >= 0.6 is 0 Å². The number of carboxylic acid groups (broad SMARTS) is 2. The molecule has 4 atom stereocenters. The monoisotopic (exact) mass is 587 g/mol. The van der Waals surface area contributed by atoms with Gasteiger partial charge in [-0.2, -0.15) is 0 Å². The van der Waals surface area contributed by atoms with Crippen LogP contribution in [-0.4, -0.2) is 86.5 Å². The highest BCUT2D eigenvalue weighted by Crippen LogP contribution is 2.08. The van der Waals surface area contributed by atoms with Crippen LogP contribution in [0.25, 0.3) is 0 Å². The Balaban J connectivity index is 2.23. The van der Waals surface area contributed by atoms with Gasteiger partial charge in [0.25, 0.3) is 0 Å². The van der Waals surface area contributed by atoms with Crippen molar-refractivity contribution in [3.05, 3.63) is 54.1 Å². The van der Waals surface area contributed by atoms with Gasteiger partial charge >= 0.3 is 11.9 Å². The van der Waals surface area contributed by atoms with Crippen molar-refractivity contribution in [1.29, 1.82) is 0 Å². The fourth-order valence-electron chi connectivity index (χ4n) is 3.91. The summed E-state index contributed by atoms with van der Waals surface area (Å²) in [5.41, 5.74) is 18.1. The van der Waals surface area contributed by atoms with E-state index in [9.17, 15) is 29.1 Å². The fraction of sp³-hybridized carbons (Fsp3) is 0.423. The second-order valence-electron chi connectivity index (χ2n) is 9.48. The molecule has 0 aliphatic heterocycles. The van der Waals surface area contributed by atoms with Crippen LogP contribution in [0.15, 0.2) is 47.8 Å². The van der Waals surface area contributed by atoms with E-state index in [0.717, 1.165) is 0 Å². The van der Waals surface area contributed by atoms with Crippen molar-refractivity contribution in [1.82, 2.24) is 25.9 Å². The molecule has 228 valence electrons. The molecule has 12 N–H and O–H groups in total. The molecule has 0 radical (unpaired) electrons. The number of aliphatic carboxylic acids is 2. The van der Waals surface area contributed by atoms with E-state index >= 15 is 0 Å². The number of carbonyl (C=O) groups is 5. The van der Waals surface area contributed by atoms with Crippen LogP contribution in [0.1, 0.15) is 36.9 Å². The quantitative estimate of drug-likeness (QED) is 0.0521. The first-order chi connectivity index (χ1) is 20.0. The summed E-state index contributed by atoms with van der Waals surface area (Å²) in [7, 11) is 0. The standard InChI is InChI=1S/C26H37N9O7/c27-17(12-16-13-30-14-32-16)22(38)35-20(11-15-5-2-1-3-6-15)24(40)33-18(7-4-10-31-26(28)29)23(39)34-19(25(41)42)8-9-21(36)37/h1-3,5-6,13-14,17-20H,4,7-12,27H2,(H,30,32)(H,33,40)(H,34,39)(H,35,38)(H,36,37)(H,41,42)(H4,28,29,31). The van der Waals surface area contributed by atoms with Gasteiger partial charge in [0.1, 0.15) is 18.1 Å². The number of carbonyl (C=O) groups excluding carboxylic acids is 3. The maximum absolute atomic E-state index is 13.5. The summed E-state index contributed by atoms with van der Waals surface area (Å²) >= 11 is 0. The van der Waals surface area contributed by atoms with Gasteiger partial charge < -0.3 is 48.3 Å². The molecular weight excluding hydrogens is 550 g/mol. The van der Waals surface area contributed by atoms with Crippen molar-refractivity contribution in [3.8, 4) is 0 Å². The van der Waals surface area contributed by atoms with Crippen LogP contribution in [0, 0.1) is 0 Å². The molecule has 1 aromatic heterocycles. The van der Waals surface area contributed by atoms with Gasteiger partial charge in [0, 0.05) is 37.7 Å². The molecule has 16 heteroatoms. The molecular formula is C26H37N9O7. The number of carboxylic acids is 2. The first-order valence-electron chi connectivity index (χ1n) is 13.1. The van der Waals surface area contributed by atoms with Crippen molar-refractivity contribution < 1.29 is 34.2 Å². The Morgan fingerprint density at radius 2 is 1.52 bits per heavy atom. The Morgan fingerprint density at radius 1 is 0.881 bits per heavy atom. The average Bonchev–Trinajstić information content (AvgIpc) is 3.45. The number of nitrogens with two attached hydrogens (primary N) is 3. The van der Waals surface area contributed by atoms with Gasteiger partial charge in [0.2, 0.25) is 17.7 Å². The Kier molecular flexibility index (Phi) is 13.4. The number of amides is 3. The van der Waals surface area contributed by atoms with Crippen molar-refractivity contribution >= 4 is 35.6 Å². The minimum Gasteiger partial charge on any atom is -0.481 e. The van der Waals surface area contributed by atoms with Crippen LogP contribution in [0.5, 0.6) is 0 Å². The number of nitrogens with zero attached hydrogens (tertiary/aromatic N) is 2. The molecule has 0 spiro atoms. The highest BCUT2D eigenvalue weighted by atomic mass is 16.4. The second kappa shape index (κ2) is 17.0. The molecule has 0 aliphatic rings. The summed E-state index contributed by atoms with van der Waals surface area (Å²) in [6.45, 7) is 0.121. The smallest absolute Gasteiger partial charge is 0.326 e. The van der Waals surface area contributed by atoms with E-state index in [2.05, 4.69) is 30.9 Å². The summed E-state index contributed by atoms with van der Waals surface area (Å²) in [4.78, 5) is 72.7. The van der Waals surface area contributed by atoms with Crippen LogP contribution in [-0.2, 0) is 36.8 Å². The predicted octanol–water partition coefficient (Wildman–Crippen LogP) is -2.02. The van der Waals surface area contributed by atoms with Crippen LogP contribution < -0.4 is 33.2 Å². The van der Waals surface area contributed by atoms with Gasteiger partial charge in [0.05, 0.1) is 12.4 Å². The number of aromatic amines is 1. The van der Waals surface area contributed by atoms with E-state index in [1.807, 2.05) is 0 Å². The summed E-state index contributed by atoms with van der Waals surface area (Å²) in [6.07, 6.45) is 2.53. The SMILES string of the molecule is NC(N)=NCCCC(NC(=O)C(Cc1ccccc1)NC(=O)C(N)Cc1cnc[nH]1)C(=O)NC(CCC(=O)O)C(=O)O. The zero-order chi connectivity index (χ0) is 31.1. The van der Waals surface area contributed by atoms with Gasteiger partial charge in [-0.05, 0) is 24.8 Å². The lowest BCUT2D eigenvalue weighted by Crippen LogP contribution is -2.57. The molecule has 16 nitrogen and oxygen atoms in total. The number of hydrogen-bond donors (Lipinski definition) is 9. The molecule has 0 fully saturated rings. The Labute approximate surface area is 241 Å². The van der Waals surface area contributed by atoms with Crippen molar-refractivity contribution in [2.24, 2.45) is 22.2 Å². The minimum absolute atomic E-state index is 0.00492. The summed E-state index contributed by atoms with van der Waals surface area (Å²) < 4.78 is 0. The zero-order valence-corrected chi connectivity index (χ0v) is 22.9. The number of hydrogen-bond acceptors (Lipinski definition) is 8. The summed E-state index contributed by atoms with van der Waals surface area (Å²) in [5, 5.41) is 25.9. The molecule has 4 unspecified atom stereocenters. The lowest BCUT2D eigenvalue weighted by molar-refractivity contribution is -0.143. The minimum atomic E-state index is -1.51. The molecule has 1 heterocycles. The largest absolute Gasteiger partial charge is 0.481 e. The average molecular weight is 588 g/mol. The zero-order valence-electron chi connectivity index (χ0n) is 22.9. The van der Waals surface area contributed by atoms with E-state index in [4.69, 9.17) is 22.3 Å². The third kappa shape index (κ3) is 12.0. The van der Waals surface area contributed by atoms with Gasteiger partial charge in [-0.3, -0.25) is 24.2 Å². The van der Waals surface area contributed by atoms with E-state index in [-0.39, 0.29) is 44.6 Å². The van der Waals surface area contributed by atoms with Crippen molar-refractivity contribution in [2.45, 2.75) is 62.7 Å². The molecule has 2 rings (SSSR count).